The van der Waals surface area contributed by atoms with Gasteiger partial charge in [0.15, 0.2) is 0 Å². The Hall–Kier alpha value is 0.130. The summed E-state index contributed by atoms with van der Waals surface area (Å²) in [5.41, 5.74) is 0.253. The van der Waals surface area contributed by atoms with Crippen molar-refractivity contribution >= 4 is 12.4 Å². The molecule has 1 saturated heterocycles. The van der Waals surface area contributed by atoms with Gasteiger partial charge in [-0.25, -0.2) is 0 Å². The van der Waals surface area contributed by atoms with Gasteiger partial charge in [0.1, 0.15) is 0 Å². The highest BCUT2D eigenvalue weighted by Crippen LogP contribution is 2.15. The van der Waals surface area contributed by atoms with Crippen LogP contribution in [-0.2, 0) is 9.47 Å². The van der Waals surface area contributed by atoms with Crippen molar-refractivity contribution in [1.82, 2.24) is 10.2 Å². The normalized spacial score (nSPS) is 20.4. The molecule has 0 aromatic heterocycles. The number of methoxy groups -OCH3 is 1. The van der Waals surface area contributed by atoms with Gasteiger partial charge < -0.3 is 14.8 Å². The monoisotopic (exact) mass is 252 g/mol. The molecule has 0 amide bonds. The fourth-order valence-electron chi connectivity index (χ4n) is 1.86. The predicted molar refractivity (Wildman–Crippen MR) is 68.5 cm³/mol. The molecule has 1 fully saturated rings. The third-order valence-electron chi connectivity index (χ3n) is 2.91. The van der Waals surface area contributed by atoms with Crippen molar-refractivity contribution in [3.05, 3.63) is 0 Å². The second-order valence-electron chi connectivity index (χ2n) is 4.58. The van der Waals surface area contributed by atoms with E-state index < -0.39 is 0 Å². The Morgan fingerprint density at radius 2 is 2.00 bits per heavy atom. The number of halogens is 1. The Labute approximate surface area is 105 Å². The van der Waals surface area contributed by atoms with E-state index in [9.17, 15) is 0 Å². The molecule has 4 nitrogen and oxygen atoms in total. The molecule has 98 valence electrons. The SMILES string of the molecule is COCCOCCN1CCNCC1(C)C.Cl. The number of rotatable bonds is 6. The van der Waals surface area contributed by atoms with Crippen LogP contribution in [0.2, 0.25) is 0 Å². The van der Waals surface area contributed by atoms with Crippen molar-refractivity contribution in [2.45, 2.75) is 19.4 Å². The molecule has 1 heterocycles. The van der Waals surface area contributed by atoms with Crippen LogP contribution in [0.4, 0.5) is 0 Å². The minimum atomic E-state index is 0. The lowest BCUT2D eigenvalue weighted by Gasteiger charge is -2.42. The van der Waals surface area contributed by atoms with E-state index in [-0.39, 0.29) is 17.9 Å². The number of nitrogens with zero attached hydrogens (tertiary/aromatic N) is 1. The van der Waals surface area contributed by atoms with E-state index in [1.54, 1.807) is 7.11 Å². The van der Waals surface area contributed by atoms with Crippen LogP contribution in [0.3, 0.4) is 0 Å². The molecule has 0 aliphatic carbocycles. The Kier molecular flexibility index (Phi) is 8.32. The summed E-state index contributed by atoms with van der Waals surface area (Å²) in [4.78, 5) is 2.48. The number of ether oxygens (including phenoxy) is 2. The average molecular weight is 253 g/mol. The molecule has 0 radical (unpaired) electrons. The summed E-state index contributed by atoms with van der Waals surface area (Å²) in [6.45, 7) is 11.0. The molecule has 1 aliphatic rings. The highest BCUT2D eigenvalue weighted by Gasteiger charge is 2.28. The van der Waals surface area contributed by atoms with Crippen molar-refractivity contribution in [3.8, 4) is 0 Å². The van der Waals surface area contributed by atoms with Gasteiger partial charge >= 0.3 is 0 Å². The maximum Gasteiger partial charge on any atom is 0.0700 e. The Balaban J connectivity index is 0.00000225. The topological polar surface area (TPSA) is 33.7 Å². The van der Waals surface area contributed by atoms with Crippen molar-refractivity contribution in [3.63, 3.8) is 0 Å². The molecule has 5 heteroatoms. The Morgan fingerprint density at radius 1 is 1.25 bits per heavy atom. The molecule has 1 aliphatic heterocycles. The second kappa shape index (κ2) is 8.25. The molecule has 0 aromatic carbocycles. The summed E-state index contributed by atoms with van der Waals surface area (Å²) < 4.78 is 10.4. The summed E-state index contributed by atoms with van der Waals surface area (Å²) in [5, 5.41) is 3.41. The zero-order valence-corrected chi connectivity index (χ0v) is 11.4. The van der Waals surface area contributed by atoms with Gasteiger partial charge in [0.05, 0.1) is 19.8 Å². The van der Waals surface area contributed by atoms with E-state index in [0.29, 0.717) is 13.2 Å². The first-order valence-electron chi connectivity index (χ1n) is 5.69. The Bertz CT molecular complexity index is 179. The fraction of sp³-hybridized carbons (Fsp3) is 1.00. The zero-order valence-electron chi connectivity index (χ0n) is 10.6. The summed E-state index contributed by atoms with van der Waals surface area (Å²) >= 11 is 0. The molecule has 0 spiro atoms. The molecule has 16 heavy (non-hydrogen) atoms. The number of hydrogen-bond donors (Lipinski definition) is 1. The van der Waals surface area contributed by atoms with Crippen LogP contribution in [0.5, 0.6) is 0 Å². The van der Waals surface area contributed by atoms with E-state index in [1.165, 1.54) is 0 Å². The van der Waals surface area contributed by atoms with Crippen LogP contribution in [0.25, 0.3) is 0 Å². The van der Waals surface area contributed by atoms with E-state index in [4.69, 9.17) is 9.47 Å². The molecule has 0 aromatic rings. The third-order valence-corrected chi connectivity index (χ3v) is 2.91. The summed E-state index contributed by atoms with van der Waals surface area (Å²) in [7, 11) is 1.70. The van der Waals surface area contributed by atoms with E-state index in [2.05, 4.69) is 24.1 Å². The summed E-state index contributed by atoms with van der Waals surface area (Å²) in [6.07, 6.45) is 0. The van der Waals surface area contributed by atoms with Gasteiger partial charge in [-0.05, 0) is 13.8 Å². The van der Waals surface area contributed by atoms with Gasteiger partial charge in [-0.15, -0.1) is 12.4 Å². The molecule has 0 saturated carbocycles. The smallest absolute Gasteiger partial charge is 0.0700 e. The molecular formula is C11H25ClN2O2. The number of piperazine rings is 1. The van der Waals surface area contributed by atoms with E-state index >= 15 is 0 Å². The third kappa shape index (κ3) is 5.46. The van der Waals surface area contributed by atoms with Gasteiger partial charge in [0, 0.05) is 38.8 Å². The molecular weight excluding hydrogens is 228 g/mol. The van der Waals surface area contributed by atoms with Gasteiger partial charge in [0.25, 0.3) is 0 Å². The molecule has 1 N–H and O–H groups in total. The van der Waals surface area contributed by atoms with E-state index in [1.807, 2.05) is 0 Å². The summed E-state index contributed by atoms with van der Waals surface area (Å²) in [6, 6.07) is 0. The van der Waals surface area contributed by atoms with Crippen molar-refractivity contribution in [2.24, 2.45) is 0 Å². The van der Waals surface area contributed by atoms with Crippen LogP contribution in [0.1, 0.15) is 13.8 Å². The summed E-state index contributed by atoms with van der Waals surface area (Å²) in [5.74, 6) is 0. The highest BCUT2D eigenvalue weighted by molar-refractivity contribution is 5.85. The predicted octanol–water partition coefficient (Wildman–Crippen LogP) is 0.755. The number of hydrogen-bond acceptors (Lipinski definition) is 4. The van der Waals surface area contributed by atoms with E-state index in [0.717, 1.165) is 32.8 Å². The lowest BCUT2D eigenvalue weighted by molar-refractivity contribution is 0.0255. The fourth-order valence-corrected chi connectivity index (χ4v) is 1.86. The van der Waals surface area contributed by atoms with Gasteiger partial charge in [-0.1, -0.05) is 0 Å². The van der Waals surface area contributed by atoms with Crippen LogP contribution >= 0.6 is 12.4 Å². The number of nitrogens with one attached hydrogen (secondary N) is 1. The minimum Gasteiger partial charge on any atom is -0.382 e. The minimum absolute atomic E-state index is 0. The van der Waals surface area contributed by atoms with Crippen LogP contribution < -0.4 is 5.32 Å². The zero-order chi connectivity index (χ0) is 11.1. The quantitative estimate of drug-likeness (QED) is 0.708. The first kappa shape index (κ1) is 16.1. The highest BCUT2D eigenvalue weighted by atomic mass is 35.5. The largest absolute Gasteiger partial charge is 0.382 e. The maximum absolute atomic E-state index is 5.48. The first-order valence-corrected chi connectivity index (χ1v) is 5.69. The Morgan fingerprint density at radius 3 is 2.62 bits per heavy atom. The average Bonchev–Trinajstić information content (AvgIpc) is 2.19. The van der Waals surface area contributed by atoms with Gasteiger partial charge in [-0.3, -0.25) is 4.90 Å². The van der Waals surface area contributed by atoms with Gasteiger partial charge in [-0.2, -0.15) is 0 Å². The van der Waals surface area contributed by atoms with Crippen LogP contribution in [0, 0.1) is 0 Å². The van der Waals surface area contributed by atoms with Crippen LogP contribution in [-0.4, -0.2) is 63.5 Å². The van der Waals surface area contributed by atoms with Crippen LogP contribution in [0.15, 0.2) is 0 Å². The maximum atomic E-state index is 5.48. The standard InChI is InChI=1S/C11H24N2O2.ClH/c1-11(2)10-12-4-5-13(11)6-7-15-9-8-14-3;/h12H,4-10H2,1-3H3;1H. The molecule has 0 unspecified atom stereocenters. The van der Waals surface area contributed by atoms with Crippen molar-refractivity contribution in [2.75, 3.05) is 53.1 Å². The lowest BCUT2D eigenvalue weighted by Crippen LogP contribution is -2.58. The van der Waals surface area contributed by atoms with Crippen molar-refractivity contribution in [1.29, 1.82) is 0 Å². The molecule has 1 rings (SSSR count). The van der Waals surface area contributed by atoms with Gasteiger partial charge in [0.2, 0.25) is 0 Å². The van der Waals surface area contributed by atoms with Crippen molar-refractivity contribution < 1.29 is 9.47 Å². The first-order chi connectivity index (χ1) is 7.17. The lowest BCUT2D eigenvalue weighted by atomic mass is 10.0. The molecule has 0 bridgehead atoms. The second-order valence-corrected chi connectivity index (χ2v) is 4.58. The molecule has 0 atom stereocenters.